The fraction of sp³-hybridized carbons (Fsp3) is 0.364. The average molecular weight is 478 g/mol. The Morgan fingerprint density at radius 2 is 1.61 bits per heavy atom. The molecule has 0 amide bonds. The average Bonchev–Trinajstić information content (AvgIpc) is 3.52. The first-order valence-electron chi connectivity index (χ1n) is 13.6. The molecule has 184 valence electrons. The van der Waals surface area contributed by atoms with E-state index < -0.39 is 0 Å². The first-order chi connectivity index (χ1) is 17.4. The van der Waals surface area contributed by atoms with E-state index in [0.29, 0.717) is 0 Å². The highest BCUT2D eigenvalue weighted by Crippen LogP contribution is 2.49. The van der Waals surface area contributed by atoms with Gasteiger partial charge in [-0.05, 0) is 80.1 Å². The second kappa shape index (κ2) is 8.37. The highest BCUT2D eigenvalue weighted by Gasteiger charge is 2.55. The summed E-state index contributed by atoms with van der Waals surface area (Å²) in [4.78, 5) is 0. The van der Waals surface area contributed by atoms with Crippen LogP contribution in [0.1, 0.15) is 71.4 Å². The third kappa shape index (κ3) is 3.08. The number of aryl methyl sites for hydroxylation is 1. The Morgan fingerprint density at radius 1 is 0.861 bits per heavy atom. The number of unbranched alkanes of at least 4 members (excludes halogenated alkanes) is 1. The van der Waals surface area contributed by atoms with Crippen molar-refractivity contribution in [2.75, 3.05) is 0 Å². The predicted molar refractivity (Wildman–Crippen MR) is 149 cm³/mol. The van der Waals surface area contributed by atoms with E-state index in [1.165, 1.54) is 51.8 Å². The van der Waals surface area contributed by atoms with Crippen molar-refractivity contribution in [1.29, 1.82) is 0 Å². The number of benzene rings is 3. The summed E-state index contributed by atoms with van der Waals surface area (Å²) in [5.74, 6) is 1.26. The highest BCUT2D eigenvalue weighted by molar-refractivity contribution is 6.05. The minimum absolute atomic E-state index is 0.0166. The normalized spacial score (nSPS) is 21.1. The van der Waals surface area contributed by atoms with Crippen molar-refractivity contribution in [1.82, 2.24) is 4.57 Å². The van der Waals surface area contributed by atoms with Crippen molar-refractivity contribution < 1.29 is 8.98 Å². The minimum atomic E-state index is -0.0166. The van der Waals surface area contributed by atoms with E-state index in [4.69, 9.17) is 4.42 Å². The SMILES string of the molecule is CCCCc1ccc2oc3ccc(-n4cc[n+]5c4-c4ccccc4C(C)(CC)C5(C)CC)cc3c2c1. The summed E-state index contributed by atoms with van der Waals surface area (Å²) in [5.41, 5.74) is 7.30. The van der Waals surface area contributed by atoms with Gasteiger partial charge < -0.3 is 4.42 Å². The van der Waals surface area contributed by atoms with Crippen molar-refractivity contribution in [2.45, 2.75) is 77.7 Å². The van der Waals surface area contributed by atoms with Gasteiger partial charge in [0.2, 0.25) is 0 Å². The van der Waals surface area contributed by atoms with Gasteiger partial charge in [-0.15, -0.1) is 0 Å². The first-order valence-corrected chi connectivity index (χ1v) is 13.6. The summed E-state index contributed by atoms with van der Waals surface area (Å²) in [6.07, 6.45) is 10.2. The summed E-state index contributed by atoms with van der Waals surface area (Å²) in [7, 11) is 0. The Labute approximate surface area is 214 Å². The van der Waals surface area contributed by atoms with E-state index in [9.17, 15) is 0 Å². The van der Waals surface area contributed by atoms with E-state index in [2.05, 4.69) is 117 Å². The maximum Gasteiger partial charge on any atom is 0.294 e. The molecule has 0 fully saturated rings. The third-order valence-corrected chi connectivity index (χ3v) is 9.31. The fourth-order valence-electron chi connectivity index (χ4n) is 6.60. The monoisotopic (exact) mass is 477 g/mol. The van der Waals surface area contributed by atoms with Crippen LogP contribution in [0.25, 0.3) is 39.0 Å². The molecule has 1 aliphatic rings. The molecule has 0 saturated heterocycles. The van der Waals surface area contributed by atoms with Crippen LogP contribution in [0.15, 0.2) is 77.5 Å². The molecule has 0 bridgehead atoms. The van der Waals surface area contributed by atoms with Crippen LogP contribution in [0.5, 0.6) is 0 Å². The van der Waals surface area contributed by atoms with Crippen molar-refractivity contribution in [3.05, 3.63) is 84.2 Å². The zero-order chi connectivity index (χ0) is 25.1. The molecule has 1 aliphatic heterocycles. The molecule has 2 atom stereocenters. The summed E-state index contributed by atoms with van der Waals surface area (Å²) < 4.78 is 11.1. The van der Waals surface area contributed by atoms with Gasteiger partial charge in [0.15, 0.2) is 0 Å². The van der Waals surface area contributed by atoms with Crippen LogP contribution in [0, 0.1) is 0 Å². The van der Waals surface area contributed by atoms with Crippen molar-refractivity contribution >= 4 is 21.9 Å². The van der Waals surface area contributed by atoms with Gasteiger partial charge in [-0.3, -0.25) is 0 Å². The number of rotatable bonds is 6. The zero-order valence-corrected chi connectivity index (χ0v) is 22.3. The molecular formula is C33H37N2O+. The Balaban J connectivity index is 1.57. The summed E-state index contributed by atoms with van der Waals surface area (Å²) in [5, 5.41) is 2.40. The molecule has 3 heterocycles. The van der Waals surface area contributed by atoms with E-state index in [0.717, 1.165) is 30.4 Å². The zero-order valence-electron chi connectivity index (χ0n) is 22.3. The van der Waals surface area contributed by atoms with Gasteiger partial charge >= 0.3 is 0 Å². The van der Waals surface area contributed by atoms with E-state index >= 15 is 0 Å². The Kier molecular flexibility index (Phi) is 5.37. The molecule has 5 aromatic rings. The standard InChI is InChI=1S/C33H37N2O/c1-6-9-12-23-15-17-29-26(21-23)27-22-24(16-18-30(27)36-29)34-19-20-35-31(34)25-13-10-11-14-28(25)32(4,7-2)33(35,5)8-3/h10-11,13-22H,6-9,12H2,1-5H3/q+1. The van der Waals surface area contributed by atoms with Crippen LogP contribution in [0.3, 0.4) is 0 Å². The number of furan rings is 1. The molecule has 0 saturated carbocycles. The molecule has 0 spiro atoms. The number of hydrogen-bond acceptors (Lipinski definition) is 1. The van der Waals surface area contributed by atoms with Crippen molar-refractivity contribution in [3.8, 4) is 17.1 Å². The first kappa shape index (κ1) is 23.1. The number of nitrogens with zero attached hydrogens (tertiary/aromatic N) is 2. The molecule has 2 aromatic heterocycles. The molecule has 0 N–H and O–H groups in total. The van der Waals surface area contributed by atoms with Crippen LogP contribution >= 0.6 is 0 Å². The highest BCUT2D eigenvalue weighted by atomic mass is 16.3. The molecule has 36 heavy (non-hydrogen) atoms. The lowest BCUT2D eigenvalue weighted by molar-refractivity contribution is -0.764. The van der Waals surface area contributed by atoms with Gasteiger partial charge in [0.25, 0.3) is 5.82 Å². The van der Waals surface area contributed by atoms with Crippen LogP contribution in [-0.4, -0.2) is 4.57 Å². The van der Waals surface area contributed by atoms with Gasteiger partial charge in [-0.2, -0.15) is 4.57 Å². The molecule has 0 aliphatic carbocycles. The molecule has 3 nitrogen and oxygen atoms in total. The fourth-order valence-corrected chi connectivity index (χ4v) is 6.60. The quantitative estimate of drug-likeness (QED) is 0.225. The largest absolute Gasteiger partial charge is 0.456 e. The van der Waals surface area contributed by atoms with E-state index in [1.54, 1.807) is 0 Å². The van der Waals surface area contributed by atoms with Crippen LogP contribution in [-0.2, 0) is 17.4 Å². The van der Waals surface area contributed by atoms with Crippen molar-refractivity contribution in [2.24, 2.45) is 0 Å². The molecule has 3 aromatic carbocycles. The third-order valence-electron chi connectivity index (χ3n) is 9.31. The number of hydrogen-bond donors (Lipinski definition) is 0. The van der Waals surface area contributed by atoms with Gasteiger partial charge in [0.05, 0.1) is 5.56 Å². The van der Waals surface area contributed by atoms with Crippen LogP contribution < -0.4 is 4.57 Å². The van der Waals surface area contributed by atoms with Gasteiger partial charge in [0.1, 0.15) is 34.8 Å². The minimum Gasteiger partial charge on any atom is -0.456 e. The molecule has 0 radical (unpaired) electrons. The molecule has 2 unspecified atom stereocenters. The smallest absolute Gasteiger partial charge is 0.294 e. The predicted octanol–water partition coefficient (Wildman–Crippen LogP) is 8.48. The molecule has 6 rings (SSSR count). The summed E-state index contributed by atoms with van der Waals surface area (Å²) >= 11 is 0. The number of aromatic nitrogens is 2. The summed E-state index contributed by atoms with van der Waals surface area (Å²) in [6, 6.07) is 22.4. The maximum absolute atomic E-state index is 6.23. The lowest BCUT2D eigenvalue weighted by Gasteiger charge is -2.47. The summed E-state index contributed by atoms with van der Waals surface area (Å²) in [6.45, 7) is 11.8. The Hall–Kier alpha value is -3.33. The Bertz CT molecular complexity index is 1590. The lowest BCUT2D eigenvalue weighted by atomic mass is 9.61. The number of fused-ring (bicyclic) bond motifs is 6. The lowest BCUT2D eigenvalue weighted by Crippen LogP contribution is -2.67. The topological polar surface area (TPSA) is 21.9 Å². The van der Waals surface area contributed by atoms with Gasteiger partial charge in [-0.1, -0.05) is 58.4 Å². The Morgan fingerprint density at radius 3 is 2.36 bits per heavy atom. The van der Waals surface area contributed by atoms with Crippen LogP contribution in [0.4, 0.5) is 0 Å². The van der Waals surface area contributed by atoms with E-state index in [-0.39, 0.29) is 11.0 Å². The van der Waals surface area contributed by atoms with Gasteiger partial charge in [-0.25, -0.2) is 4.57 Å². The molecular weight excluding hydrogens is 440 g/mol. The molecule has 3 heteroatoms. The van der Waals surface area contributed by atoms with E-state index in [1.807, 2.05) is 0 Å². The van der Waals surface area contributed by atoms with Crippen LogP contribution in [0.2, 0.25) is 0 Å². The number of imidazole rings is 1. The van der Waals surface area contributed by atoms with Crippen molar-refractivity contribution in [3.63, 3.8) is 0 Å². The second-order valence-corrected chi connectivity index (χ2v) is 10.9. The second-order valence-electron chi connectivity index (χ2n) is 10.9. The van der Waals surface area contributed by atoms with Gasteiger partial charge in [0, 0.05) is 16.2 Å². The maximum atomic E-state index is 6.23.